The van der Waals surface area contributed by atoms with Crippen LogP contribution in [0.5, 0.6) is 5.75 Å². The quantitative estimate of drug-likeness (QED) is 0.768. The van der Waals surface area contributed by atoms with Gasteiger partial charge in [0, 0.05) is 23.8 Å². The van der Waals surface area contributed by atoms with E-state index in [2.05, 4.69) is 5.32 Å². The van der Waals surface area contributed by atoms with Crippen LogP contribution in [0.4, 0.5) is 0 Å². The Morgan fingerprint density at radius 1 is 1.43 bits per heavy atom. The SMILES string of the molecule is CCOc1ccc(S(=O)(=O)Cl)cc1C(=O)NC(C)COC. The third-order valence-electron chi connectivity index (χ3n) is 2.57. The van der Waals surface area contributed by atoms with Crippen molar-refractivity contribution in [3.8, 4) is 5.75 Å². The molecule has 0 aliphatic heterocycles. The first-order valence-electron chi connectivity index (χ1n) is 6.31. The van der Waals surface area contributed by atoms with Crippen molar-refractivity contribution in [2.24, 2.45) is 0 Å². The Balaban J connectivity index is 3.14. The van der Waals surface area contributed by atoms with Gasteiger partial charge < -0.3 is 14.8 Å². The third kappa shape index (κ3) is 5.18. The molecule has 0 aromatic heterocycles. The van der Waals surface area contributed by atoms with Gasteiger partial charge in [-0.3, -0.25) is 4.79 Å². The smallest absolute Gasteiger partial charge is 0.261 e. The summed E-state index contributed by atoms with van der Waals surface area (Å²) in [5.74, 6) is -0.158. The van der Waals surface area contributed by atoms with Gasteiger partial charge in [0.25, 0.3) is 15.0 Å². The molecule has 1 rings (SSSR count). The average molecular weight is 336 g/mol. The van der Waals surface area contributed by atoms with E-state index in [1.54, 1.807) is 13.8 Å². The molecule has 1 amide bonds. The monoisotopic (exact) mass is 335 g/mol. The highest BCUT2D eigenvalue weighted by atomic mass is 35.7. The Morgan fingerprint density at radius 2 is 2.10 bits per heavy atom. The molecule has 118 valence electrons. The molecule has 1 unspecified atom stereocenters. The second-order valence-electron chi connectivity index (χ2n) is 4.36. The van der Waals surface area contributed by atoms with Gasteiger partial charge in [0.1, 0.15) is 5.75 Å². The molecule has 6 nitrogen and oxygen atoms in total. The lowest BCUT2D eigenvalue weighted by molar-refractivity contribution is 0.0901. The fourth-order valence-electron chi connectivity index (χ4n) is 1.71. The Labute approximate surface area is 128 Å². The largest absolute Gasteiger partial charge is 0.493 e. The highest BCUT2D eigenvalue weighted by Gasteiger charge is 2.19. The van der Waals surface area contributed by atoms with Crippen molar-refractivity contribution in [2.75, 3.05) is 20.3 Å². The number of carbonyl (C=O) groups is 1. The van der Waals surface area contributed by atoms with Crippen LogP contribution in [0.25, 0.3) is 0 Å². The van der Waals surface area contributed by atoms with E-state index in [1.165, 1.54) is 25.3 Å². The minimum absolute atomic E-state index is 0.113. The number of hydrogen-bond donors (Lipinski definition) is 1. The highest BCUT2D eigenvalue weighted by Crippen LogP contribution is 2.25. The molecule has 0 saturated heterocycles. The predicted octanol–water partition coefficient (Wildman–Crippen LogP) is 1.78. The summed E-state index contributed by atoms with van der Waals surface area (Å²) in [7, 11) is 2.91. The summed E-state index contributed by atoms with van der Waals surface area (Å²) >= 11 is 0. The second-order valence-corrected chi connectivity index (χ2v) is 6.92. The van der Waals surface area contributed by atoms with Gasteiger partial charge in [-0.1, -0.05) is 0 Å². The molecule has 8 heteroatoms. The Morgan fingerprint density at radius 3 is 2.62 bits per heavy atom. The summed E-state index contributed by atoms with van der Waals surface area (Å²) in [5, 5.41) is 2.69. The zero-order valence-electron chi connectivity index (χ0n) is 12.1. The van der Waals surface area contributed by atoms with E-state index in [9.17, 15) is 13.2 Å². The molecular formula is C13H18ClNO5S. The van der Waals surface area contributed by atoms with Gasteiger partial charge in [-0.2, -0.15) is 0 Å². The van der Waals surface area contributed by atoms with Crippen LogP contribution in [0.15, 0.2) is 23.1 Å². The maximum absolute atomic E-state index is 12.2. The number of nitrogens with one attached hydrogen (secondary N) is 1. The maximum atomic E-state index is 12.2. The molecular weight excluding hydrogens is 318 g/mol. The van der Waals surface area contributed by atoms with Gasteiger partial charge in [-0.25, -0.2) is 8.42 Å². The van der Waals surface area contributed by atoms with Crippen LogP contribution in [-0.2, 0) is 13.8 Å². The Kier molecular flexibility index (Phi) is 6.44. The van der Waals surface area contributed by atoms with Crippen molar-refractivity contribution in [2.45, 2.75) is 24.8 Å². The van der Waals surface area contributed by atoms with Crippen LogP contribution in [0.1, 0.15) is 24.2 Å². The summed E-state index contributed by atoms with van der Waals surface area (Å²) in [6.45, 7) is 4.22. The molecule has 1 atom stereocenters. The summed E-state index contributed by atoms with van der Waals surface area (Å²) in [6, 6.07) is 3.67. The van der Waals surface area contributed by atoms with E-state index in [4.69, 9.17) is 20.2 Å². The molecule has 0 bridgehead atoms. The summed E-state index contributed by atoms with van der Waals surface area (Å²) in [4.78, 5) is 12.1. The van der Waals surface area contributed by atoms with Crippen molar-refractivity contribution < 1.29 is 22.7 Å². The van der Waals surface area contributed by atoms with Crippen molar-refractivity contribution >= 4 is 25.6 Å². The molecule has 1 aromatic rings. The molecule has 0 heterocycles. The van der Waals surface area contributed by atoms with E-state index in [-0.39, 0.29) is 16.5 Å². The number of halogens is 1. The van der Waals surface area contributed by atoms with Crippen LogP contribution < -0.4 is 10.1 Å². The highest BCUT2D eigenvalue weighted by molar-refractivity contribution is 8.13. The summed E-state index contributed by atoms with van der Waals surface area (Å²) in [5.41, 5.74) is 0.113. The van der Waals surface area contributed by atoms with Gasteiger partial charge in [-0.05, 0) is 32.0 Å². The van der Waals surface area contributed by atoms with E-state index in [1.807, 2.05) is 0 Å². The lowest BCUT2D eigenvalue weighted by Crippen LogP contribution is -2.35. The number of rotatable bonds is 7. The van der Waals surface area contributed by atoms with Crippen LogP contribution in [0.3, 0.4) is 0 Å². The summed E-state index contributed by atoms with van der Waals surface area (Å²) in [6.07, 6.45) is 0. The first kappa shape index (κ1) is 17.7. The first-order valence-corrected chi connectivity index (χ1v) is 8.61. The number of carbonyl (C=O) groups excluding carboxylic acids is 1. The van der Waals surface area contributed by atoms with Crippen LogP contribution >= 0.6 is 10.7 Å². The molecule has 0 spiro atoms. The topological polar surface area (TPSA) is 81.7 Å². The van der Waals surface area contributed by atoms with Crippen LogP contribution in [0.2, 0.25) is 0 Å². The van der Waals surface area contributed by atoms with Gasteiger partial charge >= 0.3 is 0 Å². The minimum Gasteiger partial charge on any atom is -0.493 e. The lowest BCUT2D eigenvalue weighted by atomic mass is 10.1. The standard InChI is InChI=1S/C13H18ClNO5S/c1-4-20-12-6-5-10(21(14,17)18)7-11(12)13(16)15-9(2)8-19-3/h5-7,9H,4,8H2,1-3H3,(H,15,16). The molecule has 1 aromatic carbocycles. The Bertz CT molecular complexity index is 603. The number of benzene rings is 1. The molecule has 0 aliphatic rings. The lowest BCUT2D eigenvalue weighted by Gasteiger charge is -2.15. The van der Waals surface area contributed by atoms with Gasteiger partial charge in [0.15, 0.2) is 0 Å². The van der Waals surface area contributed by atoms with E-state index >= 15 is 0 Å². The zero-order chi connectivity index (χ0) is 16.0. The first-order chi connectivity index (χ1) is 9.79. The minimum atomic E-state index is -3.92. The molecule has 21 heavy (non-hydrogen) atoms. The van der Waals surface area contributed by atoms with Crippen molar-refractivity contribution in [3.05, 3.63) is 23.8 Å². The number of hydrogen-bond acceptors (Lipinski definition) is 5. The third-order valence-corrected chi connectivity index (χ3v) is 3.92. The van der Waals surface area contributed by atoms with E-state index < -0.39 is 15.0 Å². The molecule has 0 fully saturated rings. The average Bonchev–Trinajstić information content (AvgIpc) is 2.38. The van der Waals surface area contributed by atoms with Gasteiger partial charge in [0.2, 0.25) is 0 Å². The maximum Gasteiger partial charge on any atom is 0.261 e. The number of ether oxygens (including phenoxy) is 2. The van der Waals surface area contributed by atoms with E-state index in [0.717, 1.165) is 0 Å². The van der Waals surface area contributed by atoms with Crippen molar-refractivity contribution in [1.82, 2.24) is 5.32 Å². The number of amides is 1. The van der Waals surface area contributed by atoms with Gasteiger partial charge in [-0.15, -0.1) is 0 Å². The molecule has 0 radical (unpaired) electrons. The van der Waals surface area contributed by atoms with Gasteiger partial charge in [0.05, 0.1) is 23.7 Å². The fourth-order valence-corrected chi connectivity index (χ4v) is 2.49. The fraction of sp³-hybridized carbons (Fsp3) is 0.462. The summed E-state index contributed by atoms with van der Waals surface area (Å²) < 4.78 is 33.0. The van der Waals surface area contributed by atoms with Crippen molar-refractivity contribution in [3.63, 3.8) is 0 Å². The van der Waals surface area contributed by atoms with Crippen LogP contribution in [0, 0.1) is 0 Å². The molecule has 0 saturated carbocycles. The molecule has 0 aliphatic carbocycles. The van der Waals surface area contributed by atoms with Crippen molar-refractivity contribution in [1.29, 1.82) is 0 Å². The van der Waals surface area contributed by atoms with Crippen LogP contribution in [-0.4, -0.2) is 40.7 Å². The normalized spacial score (nSPS) is 12.8. The molecule has 1 N–H and O–H groups in total. The zero-order valence-corrected chi connectivity index (χ0v) is 13.6. The van der Waals surface area contributed by atoms with E-state index in [0.29, 0.717) is 19.0 Å². The number of methoxy groups -OCH3 is 1. The Hall–Kier alpha value is -1.31. The second kappa shape index (κ2) is 7.63. The predicted molar refractivity (Wildman–Crippen MR) is 79.5 cm³/mol.